The maximum absolute atomic E-state index is 12.5. The van der Waals surface area contributed by atoms with E-state index in [2.05, 4.69) is 30.1 Å². The van der Waals surface area contributed by atoms with Gasteiger partial charge in [0.2, 0.25) is 5.91 Å². The Bertz CT molecular complexity index is 501. The summed E-state index contributed by atoms with van der Waals surface area (Å²) in [6.07, 6.45) is 3.15. The largest absolute Gasteiger partial charge is 0.325 e. The molecule has 108 valence electrons. The van der Waals surface area contributed by atoms with E-state index in [-0.39, 0.29) is 11.3 Å². The summed E-state index contributed by atoms with van der Waals surface area (Å²) in [5.74, 6) is 0.962. The van der Waals surface area contributed by atoms with Crippen LogP contribution in [0.25, 0.3) is 0 Å². The van der Waals surface area contributed by atoms with E-state index >= 15 is 0 Å². The van der Waals surface area contributed by atoms with Gasteiger partial charge < -0.3 is 10.2 Å². The molecule has 1 fully saturated rings. The number of benzene rings is 1. The van der Waals surface area contributed by atoms with E-state index < -0.39 is 0 Å². The van der Waals surface area contributed by atoms with Gasteiger partial charge >= 0.3 is 0 Å². The number of rotatable bonds is 3. The van der Waals surface area contributed by atoms with Crippen LogP contribution in [0.5, 0.6) is 0 Å². The van der Waals surface area contributed by atoms with Gasteiger partial charge in [-0.2, -0.15) is 0 Å². The van der Waals surface area contributed by atoms with Crippen LogP contribution in [-0.2, 0) is 10.2 Å². The van der Waals surface area contributed by atoms with Crippen molar-refractivity contribution in [3.05, 3.63) is 29.8 Å². The fraction of sp³-hybridized carbons (Fsp3) is 0.588. The molecule has 0 atom stereocenters. The van der Waals surface area contributed by atoms with Crippen molar-refractivity contribution < 1.29 is 4.79 Å². The van der Waals surface area contributed by atoms with Crippen LogP contribution >= 0.6 is 0 Å². The zero-order chi connectivity index (χ0) is 14.2. The van der Waals surface area contributed by atoms with Gasteiger partial charge in [0, 0.05) is 5.69 Å². The predicted octanol–water partition coefficient (Wildman–Crippen LogP) is 3.02. The summed E-state index contributed by atoms with van der Waals surface area (Å²) in [5.41, 5.74) is 1.98. The number of nitrogens with one attached hydrogen (secondary N) is 1. The number of likely N-dealkylation sites (tertiary alicyclic amines) is 1. The molecule has 2 aliphatic rings. The van der Waals surface area contributed by atoms with Gasteiger partial charge in [-0.05, 0) is 56.4 Å². The maximum atomic E-state index is 12.5. The number of nitrogens with zero attached hydrogens (tertiary/aromatic N) is 1. The van der Waals surface area contributed by atoms with E-state index in [1.165, 1.54) is 12.0 Å². The molecule has 1 aromatic carbocycles. The van der Waals surface area contributed by atoms with Crippen LogP contribution in [0.4, 0.5) is 5.69 Å². The number of anilines is 1. The number of hydrogen-bond acceptors (Lipinski definition) is 2. The normalized spacial score (nSPS) is 21.2. The van der Waals surface area contributed by atoms with Crippen molar-refractivity contribution in [2.75, 3.05) is 25.0 Å². The number of carbonyl (C=O) groups is 1. The fourth-order valence-electron chi connectivity index (χ4n) is 3.47. The Morgan fingerprint density at radius 1 is 1.25 bits per heavy atom. The quantitative estimate of drug-likeness (QED) is 0.917. The molecule has 0 aromatic heterocycles. The topological polar surface area (TPSA) is 32.3 Å². The molecule has 1 saturated heterocycles. The van der Waals surface area contributed by atoms with E-state index in [4.69, 9.17) is 0 Å². The molecule has 0 saturated carbocycles. The summed E-state index contributed by atoms with van der Waals surface area (Å²) in [4.78, 5) is 15.0. The molecule has 1 amide bonds. The van der Waals surface area contributed by atoms with Gasteiger partial charge in [0.25, 0.3) is 0 Å². The third-order valence-electron chi connectivity index (χ3n) is 4.86. The molecule has 0 radical (unpaired) electrons. The lowest BCUT2D eigenvalue weighted by molar-refractivity contribution is -0.122. The molecule has 0 bridgehead atoms. The Hall–Kier alpha value is -1.35. The van der Waals surface area contributed by atoms with Crippen molar-refractivity contribution in [2.45, 2.75) is 38.5 Å². The lowest BCUT2D eigenvalue weighted by Crippen LogP contribution is -2.46. The first kappa shape index (κ1) is 13.6. The lowest BCUT2D eigenvalue weighted by Gasteiger charge is -2.38. The molecule has 1 aromatic rings. The van der Waals surface area contributed by atoms with E-state index in [0.29, 0.717) is 0 Å². The first-order valence-electron chi connectivity index (χ1n) is 7.75. The molecule has 1 spiro atoms. The summed E-state index contributed by atoms with van der Waals surface area (Å²) in [6.45, 7) is 7.78. The number of carbonyl (C=O) groups excluding carboxylic acids is 1. The van der Waals surface area contributed by atoms with Gasteiger partial charge in [-0.3, -0.25) is 4.79 Å². The van der Waals surface area contributed by atoms with Crippen LogP contribution in [0.1, 0.15) is 38.7 Å². The molecule has 3 heteroatoms. The molecule has 3 rings (SSSR count). The number of para-hydroxylation sites is 1. The second kappa shape index (κ2) is 5.21. The first-order valence-corrected chi connectivity index (χ1v) is 7.75. The SMILES string of the molecule is CC(C)CCN1CCC2(CC1)C(=O)Nc1ccccc12. The van der Waals surface area contributed by atoms with Gasteiger partial charge in [0.15, 0.2) is 0 Å². The second-order valence-corrected chi connectivity index (χ2v) is 6.61. The first-order chi connectivity index (χ1) is 9.62. The Morgan fingerprint density at radius 3 is 2.65 bits per heavy atom. The van der Waals surface area contributed by atoms with Gasteiger partial charge in [-0.1, -0.05) is 32.0 Å². The maximum Gasteiger partial charge on any atom is 0.235 e. The van der Waals surface area contributed by atoms with Crippen molar-refractivity contribution in [1.82, 2.24) is 4.90 Å². The standard InChI is InChI=1S/C17H24N2O/c1-13(2)7-10-19-11-8-17(9-12-19)14-5-3-4-6-15(14)18-16(17)20/h3-6,13H,7-12H2,1-2H3,(H,18,20). The fourth-order valence-corrected chi connectivity index (χ4v) is 3.47. The number of amides is 1. The molecule has 2 aliphatic heterocycles. The highest BCUT2D eigenvalue weighted by Gasteiger charge is 2.47. The Labute approximate surface area is 121 Å². The molecule has 0 aliphatic carbocycles. The zero-order valence-corrected chi connectivity index (χ0v) is 12.5. The molecular formula is C17H24N2O. The minimum atomic E-state index is -0.259. The van der Waals surface area contributed by atoms with Crippen molar-refractivity contribution >= 4 is 11.6 Å². The van der Waals surface area contributed by atoms with Gasteiger partial charge in [0.1, 0.15) is 0 Å². The predicted molar refractivity (Wildman–Crippen MR) is 81.9 cm³/mol. The summed E-state index contributed by atoms with van der Waals surface area (Å²) >= 11 is 0. The van der Waals surface area contributed by atoms with Crippen LogP contribution in [0.3, 0.4) is 0 Å². The monoisotopic (exact) mass is 272 g/mol. The van der Waals surface area contributed by atoms with E-state index in [9.17, 15) is 4.79 Å². The van der Waals surface area contributed by atoms with Gasteiger partial charge in [-0.25, -0.2) is 0 Å². The van der Waals surface area contributed by atoms with Crippen LogP contribution in [0.2, 0.25) is 0 Å². The van der Waals surface area contributed by atoms with Crippen LogP contribution in [-0.4, -0.2) is 30.4 Å². The molecule has 1 N–H and O–H groups in total. The minimum absolute atomic E-state index is 0.210. The third kappa shape index (κ3) is 2.24. The molecular weight excluding hydrogens is 248 g/mol. The molecule has 20 heavy (non-hydrogen) atoms. The highest BCUT2D eigenvalue weighted by Crippen LogP contribution is 2.44. The number of hydrogen-bond donors (Lipinski definition) is 1. The number of fused-ring (bicyclic) bond motifs is 2. The summed E-state index contributed by atoms with van der Waals surface area (Å²) in [5, 5.41) is 3.07. The highest BCUT2D eigenvalue weighted by atomic mass is 16.2. The van der Waals surface area contributed by atoms with Gasteiger partial charge in [0.05, 0.1) is 5.41 Å². The van der Waals surface area contributed by atoms with Gasteiger partial charge in [-0.15, -0.1) is 0 Å². The van der Waals surface area contributed by atoms with Crippen molar-refractivity contribution in [3.8, 4) is 0 Å². The summed E-state index contributed by atoms with van der Waals surface area (Å²) in [7, 11) is 0. The third-order valence-corrected chi connectivity index (χ3v) is 4.86. The van der Waals surface area contributed by atoms with Crippen molar-refractivity contribution in [2.24, 2.45) is 5.92 Å². The molecule has 0 unspecified atom stereocenters. The van der Waals surface area contributed by atoms with Crippen LogP contribution < -0.4 is 5.32 Å². The van der Waals surface area contributed by atoms with Crippen molar-refractivity contribution in [3.63, 3.8) is 0 Å². The van der Waals surface area contributed by atoms with Crippen molar-refractivity contribution in [1.29, 1.82) is 0 Å². The lowest BCUT2D eigenvalue weighted by atomic mass is 9.73. The Kier molecular flexibility index (Phi) is 3.55. The number of piperidine rings is 1. The summed E-state index contributed by atoms with van der Waals surface area (Å²) in [6, 6.07) is 8.19. The highest BCUT2D eigenvalue weighted by molar-refractivity contribution is 6.06. The van der Waals surface area contributed by atoms with E-state index in [0.717, 1.165) is 44.1 Å². The summed E-state index contributed by atoms with van der Waals surface area (Å²) < 4.78 is 0. The Balaban J connectivity index is 1.72. The zero-order valence-electron chi connectivity index (χ0n) is 12.5. The van der Waals surface area contributed by atoms with E-state index in [1.807, 2.05) is 18.2 Å². The molecule has 3 nitrogen and oxygen atoms in total. The average Bonchev–Trinajstić information content (AvgIpc) is 2.71. The smallest absolute Gasteiger partial charge is 0.235 e. The molecule has 2 heterocycles. The second-order valence-electron chi connectivity index (χ2n) is 6.61. The van der Waals surface area contributed by atoms with Crippen LogP contribution in [0, 0.1) is 5.92 Å². The van der Waals surface area contributed by atoms with E-state index in [1.54, 1.807) is 0 Å². The Morgan fingerprint density at radius 2 is 1.95 bits per heavy atom. The average molecular weight is 272 g/mol. The van der Waals surface area contributed by atoms with Crippen LogP contribution in [0.15, 0.2) is 24.3 Å². The minimum Gasteiger partial charge on any atom is -0.325 e.